The number of piperazine rings is 1. The second-order valence-electron chi connectivity index (χ2n) is 4.40. The summed E-state index contributed by atoms with van der Waals surface area (Å²) in [6.07, 6.45) is 4.07. The molecule has 0 spiro atoms. The van der Waals surface area contributed by atoms with Crippen LogP contribution in [0.25, 0.3) is 0 Å². The zero-order chi connectivity index (χ0) is 11.3. The minimum absolute atomic E-state index is 0.331. The third-order valence-corrected chi connectivity index (χ3v) is 4.70. The van der Waals surface area contributed by atoms with Gasteiger partial charge in [-0.1, -0.05) is 13.8 Å². The van der Waals surface area contributed by atoms with E-state index in [-0.39, 0.29) is 0 Å². The predicted octanol–water partition coefficient (Wildman–Crippen LogP) is 0.827. The molecule has 4 heteroatoms. The fourth-order valence-corrected chi connectivity index (χ4v) is 2.45. The average Bonchev–Trinajstić information content (AvgIpc) is 2.26. The number of rotatable bonds is 5. The van der Waals surface area contributed by atoms with Gasteiger partial charge in [-0.25, -0.2) is 0 Å². The third-order valence-electron chi connectivity index (χ3n) is 3.33. The molecule has 0 aromatic rings. The number of hydrogen-bond donors (Lipinski definition) is 1. The molecule has 1 aliphatic heterocycles. The van der Waals surface area contributed by atoms with Crippen LogP contribution in [0.15, 0.2) is 0 Å². The maximum Gasteiger partial charge on any atom is 0.0329 e. The van der Waals surface area contributed by atoms with Crippen molar-refractivity contribution < 1.29 is 4.21 Å². The normalized spacial score (nSPS) is 27.5. The molecule has 15 heavy (non-hydrogen) atoms. The molecular weight excluding hydrogens is 208 g/mol. The predicted molar refractivity (Wildman–Crippen MR) is 66.7 cm³/mol. The monoisotopic (exact) mass is 232 g/mol. The Morgan fingerprint density at radius 3 is 2.93 bits per heavy atom. The van der Waals surface area contributed by atoms with Crippen molar-refractivity contribution in [3.8, 4) is 0 Å². The smallest absolute Gasteiger partial charge is 0.0329 e. The highest BCUT2D eigenvalue weighted by Crippen LogP contribution is 2.09. The van der Waals surface area contributed by atoms with E-state index >= 15 is 0 Å². The molecule has 0 aromatic carbocycles. The first-order valence-corrected chi connectivity index (χ1v) is 7.54. The summed E-state index contributed by atoms with van der Waals surface area (Å²) in [5.41, 5.74) is 0. The van der Waals surface area contributed by atoms with E-state index in [1.54, 1.807) is 6.26 Å². The quantitative estimate of drug-likeness (QED) is 0.762. The Bertz CT molecular complexity index is 211. The highest BCUT2D eigenvalue weighted by Gasteiger charge is 2.20. The lowest BCUT2D eigenvalue weighted by molar-refractivity contribution is 0.155. The van der Waals surface area contributed by atoms with Gasteiger partial charge < -0.3 is 5.32 Å². The van der Waals surface area contributed by atoms with Gasteiger partial charge in [0.25, 0.3) is 0 Å². The summed E-state index contributed by atoms with van der Waals surface area (Å²) in [4.78, 5) is 2.54. The van der Waals surface area contributed by atoms with Crippen molar-refractivity contribution in [1.29, 1.82) is 0 Å². The minimum atomic E-state index is -0.670. The zero-order valence-electron chi connectivity index (χ0n) is 10.2. The molecule has 1 N–H and O–H groups in total. The summed E-state index contributed by atoms with van der Waals surface area (Å²) in [7, 11) is -0.670. The number of nitrogens with zero attached hydrogens (tertiary/aromatic N) is 1. The molecule has 1 aliphatic rings. The maximum atomic E-state index is 11.2. The first-order valence-electron chi connectivity index (χ1n) is 5.92. The highest BCUT2D eigenvalue weighted by molar-refractivity contribution is 7.84. The second kappa shape index (κ2) is 6.61. The van der Waals surface area contributed by atoms with E-state index in [1.165, 1.54) is 6.42 Å². The molecule has 3 atom stereocenters. The van der Waals surface area contributed by atoms with Crippen molar-refractivity contribution in [3.63, 3.8) is 0 Å². The maximum absolute atomic E-state index is 11.2. The SMILES string of the molecule is CCC1CNCCN1CCC(C)S(C)=O. The molecule has 1 rings (SSSR count). The Kier molecular flexibility index (Phi) is 5.79. The largest absolute Gasteiger partial charge is 0.314 e. The molecule has 0 saturated carbocycles. The number of hydrogen-bond acceptors (Lipinski definition) is 3. The van der Waals surface area contributed by atoms with Crippen LogP contribution >= 0.6 is 0 Å². The van der Waals surface area contributed by atoms with Gasteiger partial charge in [0.15, 0.2) is 0 Å². The molecule has 0 amide bonds. The molecule has 3 unspecified atom stereocenters. The fourth-order valence-electron chi connectivity index (χ4n) is 2.01. The van der Waals surface area contributed by atoms with Gasteiger partial charge in [0.1, 0.15) is 0 Å². The first-order chi connectivity index (χ1) is 7.15. The van der Waals surface area contributed by atoms with Crippen LogP contribution in [0.3, 0.4) is 0 Å². The zero-order valence-corrected chi connectivity index (χ0v) is 11.0. The topological polar surface area (TPSA) is 32.3 Å². The van der Waals surface area contributed by atoms with Crippen molar-refractivity contribution in [2.24, 2.45) is 0 Å². The summed E-state index contributed by atoms with van der Waals surface area (Å²) < 4.78 is 11.2. The van der Waals surface area contributed by atoms with E-state index in [1.807, 2.05) is 0 Å². The minimum Gasteiger partial charge on any atom is -0.314 e. The summed E-state index contributed by atoms with van der Waals surface area (Å²) in [5, 5.41) is 3.76. The van der Waals surface area contributed by atoms with Gasteiger partial charge >= 0.3 is 0 Å². The van der Waals surface area contributed by atoms with Crippen molar-refractivity contribution in [1.82, 2.24) is 10.2 Å². The summed E-state index contributed by atoms with van der Waals surface area (Å²) in [6.45, 7) is 8.77. The van der Waals surface area contributed by atoms with Crippen molar-refractivity contribution in [3.05, 3.63) is 0 Å². The molecule has 0 aromatic heterocycles. The van der Waals surface area contributed by atoms with Crippen molar-refractivity contribution >= 4 is 10.8 Å². The standard InChI is InChI=1S/C11H24N2OS/c1-4-11-9-12-6-8-13(11)7-5-10(2)15(3)14/h10-12H,4-9H2,1-3H3. The molecule has 0 aliphatic carbocycles. The lowest BCUT2D eigenvalue weighted by atomic mass is 10.1. The Balaban J connectivity index is 2.32. The van der Waals surface area contributed by atoms with E-state index < -0.39 is 10.8 Å². The van der Waals surface area contributed by atoms with Crippen molar-refractivity contribution in [2.75, 3.05) is 32.4 Å². The van der Waals surface area contributed by atoms with Gasteiger partial charge in [-0.2, -0.15) is 0 Å². The molecule has 0 bridgehead atoms. The molecule has 3 nitrogen and oxygen atoms in total. The first kappa shape index (κ1) is 13.1. The molecule has 90 valence electrons. The van der Waals surface area contributed by atoms with Crippen LogP contribution in [0.4, 0.5) is 0 Å². The third kappa shape index (κ3) is 4.21. The number of nitrogens with one attached hydrogen (secondary N) is 1. The van der Waals surface area contributed by atoms with Crippen LogP contribution in [0.1, 0.15) is 26.7 Å². The average molecular weight is 232 g/mol. The fraction of sp³-hybridized carbons (Fsp3) is 1.00. The van der Waals surface area contributed by atoms with Gasteiger partial charge in [-0.3, -0.25) is 9.11 Å². The van der Waals surface area contributed by atoms with E-state index in [0.29, 0.717) is 11.3 Å². The van der Waals surface area contributed by atoms with E-state index in [2.05, 4.69) is 24.1 Å². The summed E-state index contributed by atoms with van der Waals surface area (Å²) >= 11 is 0. The Labute approximate surface area is 96.1 Å². The summed E-state index contributed by atoms with van der Waals surface area (Å²) in [5.74, 6) is 0. The van der Waals surface area contributed by atoms with Gasteiger partial charge in [0, 0.05) is 48.0 Å². The van der Waals surface area contributed by atoms with Crippen LogP contribution in [0, 0.1) is 0 Å². The van der Waals surface area contributed by atoms with Crippen LogP contribution in [-0.4, -0.2) is 52.8 Å². The van der Waals surface area contributed by atoms with Crippen LogP contribution in [0.2, 0.25) is 0 Å². The van der Waals surface area contributed by atoms with Crippen molar-refractivity contribution in [2.45, 2.75) is 38.0 Å². The van der Waals surface area contributed by atoms with Gasteiger partial charge in [-0.15, -0.1) is 0 Å². The van der Waals surface area contributed by atoms with Gasteiger partial charge in [0.05, 0.1) is 0 Å². The molecule has 1 heterocycles. The molecule has 1 saturated heterocycles. The van der Waals surface area contributed by atoms with E-state index in [9.17, 15) is 4.21 Å². The van der Waals surface area contributed by atoms with E-state index in [0.717, 1.165) is 32.6 Å². The van der Waals surface area contributed by atoms with E-state index in [4.69, 9.17) is 0 Å². The van der Waals surface area contributed by atoms with Gasteiger partial charge in [0.2, 0.25) is 0 Å². The second-order valence-corrected chi connectivity index (χ2v) is 6.20. The molecular formula is C11H24N2OS. The van der Waals surface area contributed by atoms with Gasteiger partial charge in [-0.05, 0) is 19.4 Å². The Morgan fingerprint density at radius 2 is 2.33 bits per heavy atom. The summed E-state index contributed by atoms with van der Waals surface area (Å²) in [6, 6.07) is 0.677. The Morgan fingerprint density at radius 1 is 1.60 bits per heavy atom. The lowest BCUT2D eigenvalue weighted by Gasteiger charge is -2.36. The van der Waals surface area contributed by atoms with Crippen LogP contribution < -0.4 is 5.32 Å². The Hall–Kier alpha value is 0.0700. The highest BCUT2D eigenvalue weighted by atomic mass is 32.2. The molecule has 1 fully saturated rings. The van der Waals surface area contributed by atoms with Crippen LogP contribution in [-0.2, 0) is 10.8 Å². The van der Waals surface area contributed by atoms with Crippen LogP contribution in [0.5, 0.6) is 0 Å². The molecule has 0 radical (unpaired) electrons. The lowest BCUT2D eigenvalue weighted by Crippen LogP contribution is -2.51.